The van der Waals surface area contributed by atoms with E-state index in [0.29, 0.717) is 0 Å². The summed E-state index contributed by atoms with van der Waals surface area (Å²) in [4.78, 5) is 21.4. The third kappa shape index (κ3) is 3.66. The predicted molar refractivity (Wildman–Crippen MR) is 96.9 cm³/mol. The van der Waals surface area contributed by atoms with E-state index in [1.807, 2.05) is 19.1 Å². The van der Waals surface area contributed by atoms with Gasteiger partial charge in [-0.2, -0.15) is 0 Å². The van der Waals surface area contributed by atoms with Crippen molar-refractivity contribution >= 4 is 40.0 Å². The third-order valence-electron chi connectivity index (χ3n) is 4.44. The van der Waals surface area contributed by atoms with E-state index in [9.17, 15) is 18.0 Å². The van der Waals surface area contributed by atoms with Gasteiger partial charge in [-0.1, -0.05) is 0 Å². The molecule has 1 unspecified atom stereocenters. The summed E-state index contributed by atoms with van der Waals surface area (Å²) < 4.78 is 41.0. The first kappa shape index (κ1) is 19.4. The van der Waals surface area contributed by atoms with Crippen LogP contribution in [0, 0.1) is 5.92 Å². The van der Waals surface area contributed by atoms with Gasteiger partial charge >= 0.3 is 173 Å². The van der Waals surface area contributed by atoms with E-state index in [2.05, 4.69) is 27.4 Å². The van der Waals surface area contributed by atoms with Crippen LogP contribution in [-0.2, 0) is 11.0 Å². The zero-order valence-electron chi connectivity index (χ0n) is 14.6. The van der Waals surface area contributed by atoms with Crippen LogP contribution in [0.5, 0.6) is 0 Å². The average molecular weight is 519 g/mol. The van der Waals surface area contributed by atoms with E-state index in [4.69, 9.17) is 0 Å². The number of alkyl halides is 5. The van der Waals surface area contributed by atoms with Crippen molar-refractivity contribution in [3.8, 4) is 0 Å². The molecule has 4 rings (SSSR count). The number of hydrogen-bond donors (Lipinski definition) is 1. The predicted octanol–water partition coefficient (Wildman–Crippen LogP) is -0.883. The van der Waals surface area contributed by atoms with Crippen LogP contribution >= 0.6 is 11.3 Å². The van der Waals surface area contributed by atoms with Crippen molar-refractivity contribution in [1.82, 2.24) is 14.4 Å². The maximum atomic E-state index is 13.0. The van der Waals surface area contributed by atoms with Crippen LogP contribution in [0.1, 0.15) is 12.6 Å². The molecule has 1 aliphatic heterocycles. The molecular weight excluding hydrogens is 504 g/mol. The second-order valence-corrected chi connectivity index (χ2v) is 10.3. The second-order valence-electron chi connectivity index (χ2n) is 6.27. The van der Waals surface area contributed by atoms with Gasteiger partial charge in [0.2, 0.25) is 0 Å². The molecule has 5 nitrogen and oxygen atoms in total. The molecule has 0 aromatic carbocycles. The van der Waals surface area contributed by atoms with Crippen LogP contribution in [0.4, 0.5) is 19.0 Å². The number of halogens is 4. The summed E-state index contributed by atoms with van der Waals surface area (Å²) in [5, 5.41) is 5.70. The Bertz CT molecular complexity index is 1150. The molecule has 0 saturated heterocycles. The summed E-state index contributed by atoms with van der Waals surface area (Å²) in [6.45, 7) is 1.85. The first-order valence-corrected chi connectivity index (χ1v) is 12.0. The number of fused-ring (bicyclic) bond motifs is 2. The molecular formula is C18H15F3IN4OS-. The monoisotopic (exact) mass is 519 g/mol. The fourth-order valence-corrected chi connectivity index (χ4v) is 6.84. The van der Waals surface area contributed by atoms with Gasteiger partial charge in [0.1, 0.15) is 0 Å². The summed E-state index contributed by atoms with van der Waals surface area (Å²) in [5.41, 5.74) is -0.795. The van der Waals surface area contributed by atoms with Crippen molar-refractivity contribution in [2.45, 2.75) is 17.0 Å². The van der Waals surface area contributed by atoms with Crippen molar-refractivity contribution in [2.75, 3.05) is 9.74 Å². The Kier molecular flexibility index (Phi) is 5.17. The molecule has 0 aliphatic carbocycles. The van der Waals surface area contributed by atoms with Gasteiger partial charge in [-0.25, -0.2) is 0 Å². The van der Waals surface area contributed by atoms with Crippen LogP contribution in [0.2, 0.25) is 0 Å². The normalized spacial score (nSPS) is 18.2. The van der Waals surface area contributed by atoms with Crippen molar-refractivity contribution in [2.24, 2.45) is 5.92 Å². The molecule has 0 fully saturated rings. The number of nitrogens with one attached hydrogen (secondary N) is 1. The van der Waals surface area contributed by atoms with Gasteiger partial charge < -0.3 is 0 Å². The summed E-state index contributed by atoms with van der Waals surface area (Å²) >= 11 is 0.613. The summed E-state index contributed by atoms with van der Waals surface area (Å²) in [5.74, 6) is -0.389. The first-order valence-electron chi connectivity index (χ1n) is 8.38. The van der Waals surface area contributed by atoms with Gasteiger partial charge in [-0.05, 0) is 0 Å². The number of rotatable bonds is 3. The number of carbonyl (C=O) groups excluding carboxylic acids is 1. The molecule has 0 bridgehead atoms. The number of hydrogen-bond acceptors (Lipinski definition) is 4. The van der Waals surface area contributed by atoms with Gasteiger partial charge in [0.25, 0.3) is 0 Å². The Hall–Kier alpha value is -1.95. The minimum absolute atomic E-state index is 0.104. The Morgan fingerprint density at radius 1 is 1.43 bits per heavy atom. The van der Waals surface area contributed by atoms with Crippen LogP contribution in [0.3, 0.4) is 0 Å². The number of anilines is 1. The van der Waals surface area contributed by atoms with Gasteiger partial charge in [0, 0.05) is 0 Å². The molecule has 0 radical (unpaired) electrons. The number of pyridine rings is 1. The first-order chi connectivity index (χ1) is 13.3. The molecule has 3 aromatic rings. The third-order valence-corrected chi connectivity index (χ3v) is 8.80. The van der Waals surface area contributed by atoms with E-state index >= 15 is 0 Å². The number of imidazole rings is 1. The van der Waals surface area contributed by atoms with Gasteiger partial charge in [-0.3, -0.25) is 0 Å². The second kappa shape index (κ2) is 7.47. The minimum atomic E-state index is -4.47. The molecule has 28 heavy (non-hydrogen) atoms. The summed E-state index contributed by atoms with van der Waals surface area (Å²) in [6.07, 6.45) is 2.58. The molecule has 4 heterocycles. The van der Waals surface area contributed by atoms with E-state index in [1.54, 1.807) is 6.20 Å². The number of thiazole rings is 1. The standard InChI is InChI=1S/C18H15F3IN4OS/c1-10(12-7-11-3-2-6-23-13(11)4-5-22-12)16(27)25-15-17-26(9-24-15)14(8-28-17)18(19,20)21/h2-4,6-10,12H,5H2,1H3,(H,25,27)/q-1/t10-,12?/m0/s1. The zero-order valence-corrected chi connectivity index (χ0v) is 17.5. The topological polar surface area (TPSA) is 59.3 Å². The Morgan fingerprint density at radius 2 is 2.25 bits per heavy atom. The van der Waals surface area contributed by atoms with Crippen molar-refractivity contribution in [3.63, 3.8) is 0 Å². The van der Waals surface area contributed by atoms with E-state index in [-0.39, 0.29) is 47.6 Å². The van der Waals surface area contributed by atoms with Crippen molar-refractivity contribution < 1.29 is 39.2 Å². The molecule has 1 aliphatic rings. The fourth-order valence-electron chi connectivity index (χ4n) is 2.91. The molecule has 10 heteroatoms. The van der Waals surface area contributed by atoms with Crippen LogP contribution in [0.15, 0.2) is 30.0 Å². The van der Waals surface area contributed by atoms with Crippen LogP contribution in [0.25, 0.3) is 17.0 Å². The van der Waals surface area contributed by atoms with E-state index < -0.39 is 11.9 Å². The molecule has 0 spiro atoms. The van der Waals surface area contributed by atoms with Crippen LogP contribution in [-0.4, -0.2) is 28.6 Å². The Labute approximate surface area is 172 Å². The summed E-state index contributed by atoms with van der Waals surface area (Å²) in [7, 11) is 0. The fraction of sp³-hybridized carbons (Fsp3) is 0.278. The Balaban J connectivity index is 1.57. The van der Waals surface area contributed by atoms with Crippen molar-refractivity contribution in [1.29, 1.82) is 0 Å². The average Bonchev–Trinajstić information content (AvgIpc) is 3.17. The SMILES string of the molecule is C[C@H](C(=O)Nc1ncn2c(C(F)(F)F)csc12)C1C=c2cccnc2=CC[I-]1. The summed E-state index contributed by atoms with van der Waals surface area (Å²) in [6, 6.07) is 3.85. The number of nitrogens with zero attached hydrogens (tertiary/aromatic N) is 3. The van der Waals surface area contributed by atoms with Gasteiger partial charge in [0.05, 0.1) is 0 Å². The van der Waals surface area contributed by atoms with Gasteiger partial charge in [0.15, 0.2) is 0 Å². The van der Waals surface area contributed by atoms with Gasteiger partial charge in [-0.15, -0.1) is 0 Å². The number of amides is 1. The molecule has 148 valence electrons. The van der Waals surface area contributed by atoms with E-state index in [1.165, 1.54) is 0 Å². The number of aromatic nitrogens is 3. The molecule has 1 N–H and O–H groups in total. The maximum absolute atomic E-state index is 13.0. The van der Waals surface area contributed by atoms with E-state index in [0.717, 1.165) is 42.4 Å². The Morgan fingerprint density at radius 3 is 3.04 bits per heavy atom. The molecule has 0 saturated carbocycles. The van der Waals surface area contributed by atoms with Crippen LogP contribution < -0.4 is 37.1 Å². The molecule has 1 amide bonds. The molecule has 2 atom stereocenters. The number of carbonyl (C=O) groups is 1. The quantitative estimate of drug-likeness (QED) is 0.362. The molecule has 3 aromatic heterocycles. The van der Waals surface area contributed by atoms with Crippen molar-refractivity contribution in [3.05, 3.63) is 46.3 Å². The zero-order chi connectivity index (χ0) is 19.9.